The van der Waals surface area contributed by atoms with Gasteiger partial charge in [0.05, 0.1) is 12.8 Å². The average molecular weight is 364 g/mol. The Morgan fingerprint density at radius 2 is 1.96 bits per heavy atom. The minimum Gasteiger partial charge on any atom is -0.495 e. The molecule has 0 bridgehead atoms. The Morgan fingerprint density at radius 1 is 1.07 bits per heavy atom. The summed E-state index contributed by atoms with van der Waals surface area (Å²) in [5.74, 6) is 3.51. The molecule has 4 rings (SSSR count). The van der Waals surface area contributed by atoms with Crippen LogP contribution in [0.15, 0.2) is 48.7 Å². The van der Waals surface area contributed by atoms with Crippen molar-refractivity contribution in [2.45, 2.75) is 13.5 Å². The Kier molecular flexibility index (Phi) is 4.65. The van der Waals surface area contributed by atoms with E-state index in [0.717, 1.165) is 34.1 Å². The van der Waals surface area contributed by atoms with E-state index in [1.54, 1.807) is 13.3 Å². The number of benzene rings is 2. The molecule has 0 radical (unpaired) electrons. The summed E-state index contributed by atoms with van der Waals surface area (Å²) >= 11 is 0. The van der Waals surface area contributed by atoms with Crippen LogP contribution in [0.3, 0.4) is 0 Å². The molecule has 2 aromatic carbocycles. The molecule has 1 aliphatic heterocycles. The molecular weight excluding hydrogens is 344 g/mol. The molecule has 138 valence electrons. The van der Waals surface area contributed by atoms with Crippen LogP contribution in [-0.4, -0.2) is 23.9 Å². The van der Waals surface area contributed by atoms with Crippen molar-refractivity contribution < 1.29 is 14.2 Å². The van der Waals surface area contributed by atoms with Gasteiger partial charge in [0.2, 0.25) is 12.7 Å². The number of ether oxygens (including phenoxy) is 3. The molecule has 3 aromatic rings. The minimum atomic E-state index is 0.269. The number of methoxy groups -OCH3 is 1. The van der Waals surface area contributed by atoms with Crippen LogP contribution in [0.1, 0.15) is 11.1 Å². The van der Waals surface area contributed by atoms with E-state index in [4.69, 9.17) is 14.2 Å². The highest BCUT2D eigenvalue weighted by Crippen LogP contribution is 2.32. The fourth-order valence-corrected chi connectivity index (χ4v) is 2.80. The van der Waals surface area contributed by atoms with E-state index in [-0.39, 0.29) is 6.79 Å². The first-order valence-electron chi connectivity index (χ1n) is 8.58. The van der Waals surface area contributed by atoms with Gasteiger partial charge in [-0.05, 0) is 48.4 Å². The molecule has 0 aliphatic carbocycles. The highest BCUT2D eigenvalue weighted by atomic mass is 16.7. The summed E-state index contributed by atoms with van der Waals surface area (Å²) in [5, 5.41) is 6.51. The first-order chi connectivity index (χ1) is 13.2. The Balaban J connectivity index is 1.46. The number of nitrogens with one attached hydrogen (secondary N) is 2. The second-order valence-electron chi connectivity index (χ2n) is 6.14. The number of anilines is 3. The maximum absolute atomic E-state index is 5.40. The normalized spacial score (nSPS) is 11.9. The van der Waals surface area contributed by atoms with Gasteiger partial charge in [-0.25, -0.2) is 4.98 Å². The maximum atomic E-state index is 5.40. The zero-order valence-electron chi connectivity index (χ0n) is 15.2. The first-order valence-corrected chi connectivity index (χ1v) is 8.58. The van der Waals surface area contributed by atoms with Gasteiger partial charge in [0, 0.05) is 12.7 Å². The number of aromatic nitrogens is 2. The molecule has 2 N–H and O–H groups in total. The molecule has 0 saturated carbocycles. The van der Waals surface area contributed by atoms with Gasteiger partial charge < -0.3 is 24.8 Å². The van der Waals surface area contributed by atoms with E-state index in [1.807, 2.05) is 49.4 Å². The van der Waals surface area contributed by atoms with E-state index >= 15 is 0 Å². The lowest BCUT2D eigenvalue weighted by Crippen LogP contribution is -2.05. The molecule has 1 aromatic heterocycles. The van der Waals surface area contributed by atoms with E-state index in [1.165, 1.54) is 0 Å². The predicted octanol–water partition coefficient (Wildman–Crippen LogP) is 3.88. The molecule has 1 aliphatic rings. The van der Waals surface area contributed by atoms with E-state index in [9.17, 15) is 0 Å². The lowest BCUT2D eigenvalue weighted by atomic mass is 10.2. The third-order valence-electron chi connectivity index (χ3n) is 4.16. The fraction of sp³-hybridized carbons (Fsp3) is 0.200. The molecular formula is C20H20N4O3. The third kappa shape index (κ3) is 3.87. The van der Waals surface area contributed by atoms with Gasteiger partial charge in [-0.1, -0.05) is 12.1 Å². The van der Waals surface area contributed by atoms with Gasteiger partial charge in [-0.3, -0.25) is 0 Å². The lowest BCUT2D eigenvalue weighted by Gasteiger charge is -2.12. The van der Waals surface area contributed by atoms with Crippen LogP contribution in [0.4, 0.5) is 17.5 Å². The van der Waals surface area contributed by atoms with Gasteiger partial charge in [-0.2, -0.15) is 4.98 Å². The fourth-order valence-electron chi connectivity index (χ4n) is 2.80. The van der Waals surface area contributed by atoms with Gasteiger partial charge in [0.15, 0.2) is 11.5 Å². The van der Waals surface area contributed by atoms with Gasteiger partial charge in [0.25, 0.3) is 0 Å². The molecule has 0 unspecified atom stereocenters. The second kappa shape index (κ2) is 7.41. The number of fused-ring (bicyclic) bond motifs is 1. The van der Waals surface area contributed by atoms with Crippen LogP contribution >= 0.6 is 0 Å². The van der Waals surface area contributed by atoms with Crippen LogP contribution in [0.5, 0.6) is 17.2 Å². The zero-order valence-corrected chi connectivity index (χ0v) is 15.2. The van der Waals surface area contributed by atoms with E-state index < -0.39 is 0 Å². The van der Waals surface area contributed by atoms with Crippen LogP contribution in [0, 0.1) is 6.92 Å². The quantitative estimate of drug-likeness (QED) is 0.687. The van der Waals surface area contributed by atoms with Crippen molar-refractivity contribution >= 4 is 17.5 Å². The van der Waals surface area contributed by atoms with Crippen molar-refractivity contribution in [2.24, 2.45) is 0 Å². The summed E-state index contributed by atoms with van der Waals surface area (Å²) < 4.78 is 16.1. The topological polar surface area (TPSA) is 77.5 Å². The smallest absolute Gasteiger partial charge is 0.231 e. The summed E-state index contributed by atoms with van der Waals surface area (Å²) in [5.41, 5.74) is 3.05. The van der Waals surface area contributed by atoms with Gasteiger partial charge >= 0.3 is 0 Å². The number of hydrogen-bond acceptors (Lipinski definition) is 7. The van der Waals surface area contributed by atoms with Crippen LogP contribution in [0.25, 0.3) is 0 Å². The summed E-state index contributed by atoms with van der Waals surface area (Å²) in [4.78, 5) is 8.80. The molecule has 0 atom stereocenters. The van der Waals surface area contributed by atoms with Crippen molar-refractivity contribution in [3.05, 3.63) is 59.8 Å². The first kappa shape index (κ1) is 17.0. The molecule has 0 spiro atoms. The standard InChI is InChI=1S/C20H20N4O3/c1-13-3-5-16(25-2)15(9-13)23-19-7-8-21-20(24-19)22-11-14-4-6-17-18(10-14)27-12-26-17/h3-10H,11-12H2,1-2H3,(H2,21,22,23,24). The average Bonchev–Trinajstić information content (AvgIpc) is 3.15. The van der Waals surface area contributed by atoms with Crippen LogP contribution < -0.4 is 24.8 Å². The van der Waals surface area contributed by atoms with Crippen molar-refractivity contribution in [3.8, 4) is 17.2 Å². The number of aryl methyl sites for hydroxylation is 1. The molecule has 0 fully saturated rings. The maximum Gasteiger partial charge on any atom is 0.231 e. The number of nitrogens with zero attached hydrogens (tertiary/aromatic N) is 2. The monoisotopic (exact) mass is 364 g/mol. The largest absolute Gasteiger partial charge is 0.495 e. The molecule has 27 heavy (non-hydrogen) atoms. The van der Waals surface area contributed by atoms with Crippen molar-refractivity contribution in [2.75, 3.05) is 24.5 Å². The molecule has 0 amide bonds. The molecule has 0 saturated heterocycles. The lowest BCUT2D eigenvalue weighted by molar-refractivity contribution is 0.174. The third-order valence-corrected chi connectivity index (χ3v) is 4.16. The van der Waals surface area contributed by atoms with Gasteiger partial charge in [-0.15, -0.1) is 0 Å². The minimum absolute atomic E-state index is 0.269. The Labute approximate surface area is 157 Å². The summed E-state index contributed by atoms with van der Waals surface area (Å²) in [6.07, 6.45) is 1.71. The summed E-state index contributed by atoms with van der Waals surface area (Å²) in [7, 11) is 1.65. The zero-order chi connectivity index (χ0) is 18.6. The Hall–Kier alpha value is -3.48. The Bertz CT molecular complexity index is 962. The number of hydrogen-bond donors (Lipinski definition) is 2. The molecule has 7 heteroatoms. The highest BCUT2D eigenvalue weighted by Gasteiger charge is 2.13. The van der Waals surface area contributed by atoms with E-state index in [0.29, 0.717) is 18.3 Å². The van der Waals surface area contributed by atoms with Crippen molar-refractivity contribution in [1.82, 2.24) is 9.97 Å². The van der Waals surface area contributed by atoms with Gasteiger partial charge in [0.1, 0.15) is 11.6 Å². The molecule has 2 heterocycles. The summed E-state index contributed by atoms with van der Waals surface area (Å²) in [6, 6.07) is 13.6. The highest BCUT2D eigenvalue weighted by molar-refractivity contribution is 5.65. The van der Waals surface area contributed by atoms with Crippen LogP contribution in [-0.2, 0) is 6.54 Å². The Morgan fingerprint density at radius 3 is 2.85 bits per heavy atom. The summed E-state index contributed by atoms with van der Waals surface area (Å²) in [6.45, 7) is 2.88. The van der Waals surface area contributed by atoms with Crippen molar-refractivity contribution in [1.29, 1.82) is 0 Å². The second-order valence-corrected chi connectivity index (χ2v) is 6.14. The predicted molar refractivity (Wildman–Crippen MR) is 103 cm³/mol. The number of rotatable bonds is 6. The van der Waals surface area contributed by atoms with E-state index in [2.05, 4.69) is 20.6 Å². The van der Waals surface area contributed by atoms with Crippen molar-refractivity contribution in [3.63, 3.8) is 0 Å². The van der Waals surface area contributed by atoms with Crippen LogP contribution in [0.2, 0.25) is 0 Å². The molecule has 7 nitrogen and oxygen atoms in total. The SMILES string of the molecule is COc1ccc(C)cc1Nc1ccnc(NCc2ccc3c(c2)OCO3)n1.